The number of rotatable bonds is 5. The van der Waals surface area contributed by atoms with Crippen molar-refractivity contribution in [2.24, 2.45) is 2.87 Å². The normalized spacial score (nSPS) is 13.5. The SMILES string of the molecule is CCC(=Cc1ccccc1)C(CC)[N]=[Zr]. The molecule has 78 valence electrons. The molecule has 0 saturated carbocycles. The Kier molecular flexibility index (Phi) is 5.94. The Balaban J connectivity index is 2.91. The van der Waals surface area contributed by atoms with Gasteiger partial charge in [0.2, 0.25) is 0 Å². The molecule has 0 aliphatic rings. The van der Waals surface area contributed by atoms with E-state index in [0.717, 1.165) is 12.8 Å². The van der Waals surface area contributed by atoms with Crippen LogP contribution < -0.4 is 0 Å². The fraction of sp³-hybridized carbons (Fsp3) is 0.385. The molecule has 0 N–H and O–H groups in total. The second kappa shape index (κ2) is 7.01. The molecule has 1 atom stereocenters. The Morgan fingerprint density at radius 3 is 2.47 bits per heavy atom. The molecule has 0 aliphatic carbocycles. The van der Waals surface area contributed by atoms with Gasteiger partial charge in [-0.25, -0.2) is 0 Å². The van der Waals surface area contributed by atoms with E-state index in [1.807, 2.05) is 0 Å². The summed E-state index contributed by atoms with van der Waals surface area (Å²) < 4.78 is 4.50. The van der Waals surface area contributed by atoms with Gasteiger partial charge in [0.15, 0.2) is 0 Å². The fourth-order valence-electron chi connectivity index (χ4n) is 1.63. The molecule has 15 heavy (non-hydrogen) atoms. The molecule has 0 heterocycles. The van der Waals surface area contributed by atoms with Crippen molar-refractivity contribution in [2.45, 2.75) is 32.7 Å². The number of hydrogen-bond donors (Lipinski definition) is 0. The molecular formula is C13H17NZr. The molecule has 0 spiro atoms. The van der Waals surface area contributed by atoms with Gasteiger partial charge in [-0.1, -0.05) is 0 Å². The van der Waals surface area contributed by atoms with Crippen molar-refractivity contribution in [1.29, 1.82) is 0 Å². The summed E-state index contributed by atoms with van der Waals surface area (Å²) in [5.74, 6) is 0. The molecule has 0 bridgehead atoms. The Morgan fingerprint density at radius 1 is 1.33 bits per heavy atom. The van der Waals surface area contributed by atoms with Gasteiger partial charge in [-0.3, -0.25) is 0 Å². The predicted molar refractivity (Wildman–Crippen MR) is 61.2 cm³/mol. The maximum atomic E-state index is 4.50. The number of benzene rings is 1. The second-order valence-electron chi connectivity index (χ2n) is 3.54. The molecule has 0 aliphatic heterocycles. The zero-order valence-corrected chi connectivity index (χ0v) is 11.9. The van der Waals surface area contributed by atoms with Crippen molar-refractivity contribution >= 4 is 6.08 Å². The first-order chi connectivity index (χ1) is 7.31. The van der Waals surface area contributed by atoms with Crippen molar-refractivity contribution in [3.63, 3.8) is 0 Å². The van der Waals surface area contributed by atoms with Crippen molar-refractivity contribution in [1.82, 2.24) is 0 Å². The van der Waals surface area contributed by atoms with E-state index in [1.54, 1.807) is 0 Å². The van der Waals surface area contributed by atoms with Gasteiger partial charge in [0.1, 0.15) is 0 Å². The van der Waals surface area contributed by atoms with Crippen LogP contribution in [0.3, 0.4) is 0 Å². The minimum absolute atomic E-state index is 0.424. The molecule has 0 radical (unpaired) electrons. The molecule has 0 amide bonds. The minimum atomic E-state index is 0.424. The summed E-state index contributed by atoms with van der Waals surface area (Å²) in [5, 5.41) is 0. The number of nitrogens with zero attached hydrogens (tertiary/aromatic N) is 1. The Hall–Kier alpha value is -0.357. The van der Waals surface area contributed by atoms with Crippen LogP contribution in [0, 0.1) is 0 Å². The van der Waals surface area contributed by atoms with E-state index in [1.165, 1.54) is 35.7 Å². The molecule has 1 aromatic carbocycles. The molecule has 0 fully saturated rings. The van der Waals surface area contributed by atoms with Crippen LogP contribution in [0.5, 0.6) is 0 Å². The van der Waals surface area contributed by atoms with Crippen LogP contribution in [-0.2, 0) is 24.6 Å². The van der Waals surface area contributed by atoms with Crippen LogP contribution in [0.25, 0.3) is 6.08 Å². The molecule has 2 heteroatoms. The molecular weight excluding hydrogens is 261 g/mol. The van der Waals surface area contributed by atoms with Gasteiger partial charge >= 0.3 is 108 Å². The summed E-state index contributed by atoms with van der Waals surface area (Å²) in [4.78, 5) is 0. The van der Waals surface area contributed by atoms with Crippen molar-refractivity contribution in [3.8, 4) is 0 Å². The van der Waals surface area contributed by atoms with Gasteiger partial charge in [0.25, 0.3) is 0 Å². The third kappa shape index (κ3) is 3.95. The first-order valence-electron chi connectivity index (χ1n) is 5.43. The van der Waals surface area contributed by atoms with Gasteiger partial charge in [-0.2, -0.15) is 0 Å². The zero-order chi connectivity index (χ0) is 11.1. The predicted octanol–water partition coefficient (Wildman–Crippen LogP) is 3.99. The molecule has 1 aromatic rings. The summed E-state index contributed by atoms with van der Waals surface area (Å²) in [6.07, 6.45) is 4.48. The summed E-state index contributed by atoms with van der Waals surface area (Å²) in [7, 11) is 0. The Morgan fingerprint density at radius 2 is 2.00 bits per heavy atom. The standard InChI is InChI=1S/C13H17N.Zr/c1-3-12(13(14)4-2)10-11-8-6-5-7-9-11;/h5-10,13H,3-4H2,1-2H3;. The van der Waals surface area contributed by atoms with E-state index >= 15 is 0 Å². The van der Waals surface area contributed by atoms with Crippen LogP contribution in [0.4, 0.5) is 0 Å². The van der Waals surface area contributed by atoms with E-state index in [0.29, 0.717) is 6.04 Å². The van der Waals surface area contributed by atoms with E-state index in [9.17, 15) is 0 Å². The van der Waals surface area contributed by atoms with Crippen LogP contribution in [0.2, 0.25) is 0 Å². The van der Waals surface area contributed by atoms with Crippen molar-refractivity contribution < 1.29 is 24.6 Å². The summed E-state index contributed by atoms with van der Waals surface area (Å²) in [5.41, 5.74) is 2.73. The van der Waals surface area contributed by atoms with Gasteiger partial charge in [-0.15, -0.1) is 0 Å². The van der Waals surface area contributed by atoms with Crippen LogP contribution in [-0.4, -0.2) is 6.04 Å². The third-order valence-corrected chi connectivity index (χ3v) is 3.30. The molecule has 1 nitrogen and oxygen atoms in total. The van der Waals surface area contributed by atoms with Gasteiger partial charge in [0.05, 0.1) is 0 Å². The summed E-state index contributed by atoms with van der Waals surface area (Å²) in [6, 6.07) is 10.9. The molecule has 1 unspecified atom stereocenters. The van der Waals surface area contributed by atoms with Gasteiger partial charge in [0, 0.05) is 0 Å². The van der Waals surface area contributed by atoms with Crippen molar-refractivity contribution in [3.05, 3.63) is 41.5 Å². The zero-order valence-electron chi connectivity index (χ0n) is 9.40. The summed E-state index contributed by atoms with van der Waals surface area (Å²) in [6.45, 7) is 4.41. The Bertz CT molecular complexity index is 330. The second-order valence-corrected chi connectivity index (χ2v) is 4.17. The van der Waals surface area contributed by atoms with Crippen LogP contribution in [0.15, 0.2) is 38.8 Å². The van der Waals surface area contributed by atoms with E-state index < -0.39 is 0 Å². The quantitative estimate of drug-likeness (QED) is 0.772. The topological polar surface area (TPSA) is 12.4 Å². The van der Waals surface area contributed by atoms with E-state index in [4.69, 9.17) is 0 Å². The van der Waals surface area contributed by atoms with E-state index in [-0.39, 0.29) is 0 Å². The average Bonchev–Trinajstić information content (AvgIpc) is 2.30. The van der Waals surface area contributed by atoms with E-state index in [2.05, 4.69) is 53.1 Å². The van der Waals surface area contributed by atoms with Crippen molar-refractivity contribution in [2.75, 3.05) is 0 Å². The monoisotopic (exact) mass is 277 g/mol. The van der Waals surface area contributed by atoms with Gasteiger partial charge in [-0.05, 0) is 0 Å². The Labute approximate surface area is 107 Å². The van der Waals surface area contributed by atoms with Crippen LogP contribution in [0.1, 0.15) is 32.3 Å². The molecule has 1 rings (SSSR count). The number of hydrogen-bond acceptors (Lipinski definition) is 1. The molecule has 0 aromatic heterocycles. The van der Waals surface area contributed by atoms with Gasteiger partial charge < -0.3 is 0 Å². The molecule has 0 saturated heterocycles. The maximum absolute atomic E-state index is 4.50. The first kappa shape index (κ1) is 12.7. The third-order valence-electron chi connectivity index (χ3n) is 2.53. The fourth-order valence-corrected chi connectivity index (χ4v) is 2.49. The summed E-state index contributed by atoms with van der Waals surface area (Å²) >= 11 is 1.28. The average molecular weight is 279 g/mol. The first-order valence-corrected chi connectivity index (χ1v) is 6.53. The van der Waals surface area contributed by atoms with Crippen LogP contribution >= 0.6 is 0 Å².